The Kier molecular flexibility index (Phi) is 4.32. The van der Waals surface area contributed by atoms with Crippen molar-refractivity contribution in [3.05, 3.63) is 11.2 Å². The SMILES string of the molecule is COc1ncc(Cl)c(NCC(C)(C)CO)n1. The average molecular weight is 246 g/mol. The number of rotatable bonds is 5. The minimum atomic E-state index is -0.235. The number of nitrogens with one attached hydrogen (secondary N) is 1. The standard InChI is InChI=1S/C10H16ClN3O2/c1-10(2,6-15)5-13-8-7(11)4-12-9(14-8)16-3/h4,15H,5-6H2,1-3H3,(H,12,13,14). The molecule has 90 valence electrons. The van der Waals surface area contributed by atoms with Gasteiger partial charge >= 0.3 is 6.01 Å². The Hall–Kier alpha value is -1.07. The maximum atomic E-state index is 9.11. The van der Waals surface area contributed by atoms with E-state index in [1.165, 1.54) is 13.3 Å². The van der Waals surface area contributed by atoms with Crippen molar-refractivity contribution in [2.75, 3.05) is 25.6 Å². The van der Waals surface area contributed by atoms with E-state index in [1.54, 1.807) is 0 Å². The van der Waals surface area contributed by atoms with Gasteiger partial charge in [-0.15, -0.1) is 0 Å². The molecule has 1 heterocycles. The van der Waals surface area contributed by atoms with Crippen LogP contribution in [0.15, 0.2) is 6.20 Å². The summed E-state index contributed by atoms with van der Waals surface area (Å²) in [5.74, 6) is 0.509. The molecule has 0 radical (unpaired) electrons. The molecular weight excluding hydrogens is 230 g/mol. The van der Waals surface area contributed by atoms with E-state index in [9.17, 15) is 0 Å². The van der Waals surface area contributed by atoms with Gasteiger partial charge in [-0.1, -0.05) is 25.4 Å². The Morgan fingerprint density at radius 3 is 2.81 bits per heavy atom. The maximum absolute atomic E-state index is 9.11. The van der Waals surface area contributed by atoms with Crippen molar-refractivity contribution in [2.45, 2.75) is 13.8 Å². The van der Waals surface area contributed by atoms with Gasteiger partial charge in [0.15, 0.2) is 5.82 Å². The van der Waals surface area contributed by atoms with Crippen molar-refractivity contribution < 1.29 is 9.84 Å². The Labute approximate surface area is 99.8 Å². The first-order chi connectivity index (χ1) is 7.48. The molecule has 1 rings (SSSR count). The Morgan fingerprint density at radius 2 is 2.25 bits per heavy atom. The molecule has 5 nitrogen and oxygen atoms in total. The predicted octanol–water partition coefficient (Wildman–Crippen LogP) is 1.57. The van der Waals surface area contributed by atoms with Gasteiger partial charge < -0.3 is 15.2 Å². The van der Waals surface area contributed by atoms with Crippen LogP contribution in [0, 0.1) is 5.41 Å². The van der Waals surface area contributed by atoms with Crippen LogP contribution < -0.4 is 10.1 Å². The highest BCUT2D eigenvalue weighted by Gasteiger charge is 2.17. The van der Waals surface area contributed by atoms with Gasteiger partial charge in [0.05, 0.1) is 13.3 Å². The molecule has 0 spiro atoms. The van der Waals surface area contributed by atoms with E-state index < -0.39 is 0 Å². The van der Waals surface area contributed by atoms with E-state index in [0.29, 0.717) is 17.4 Å². The number of aliphatic hydroxyl groups excluding tert-OH is 1. The first kappa shape index (κ1) is 13.0. The number of hydrogen-bond donors (Lipinski definition) is 2. The molecule has 0 atom stereocenters. The molecule has 0 bridgehead atoms. The fourth-order valence-corrected chi connectivity index (χ4v) is 1.11. The Morgan fingerprint density at radius 1 is 1.56 bits per heavy atom. The topological polar surface area (TPSA) is 67.3 Å². The zero-order valence-corrected chi connectivity index (χ0v) is 10.4. The Balaban J connectivity index is 2.73. The molecule has 0 unspecified atom stereocenters. The summed E-state index contributed by atoms with van der Waals surface area (Å²) in [4.78, 5) is 7.94. The highest BCUT2D eigenvalue weighted by Crippen LogP contribution is 2.22. The number of halogens is 1. The molecule has 0 saturated carbocycles. The monoisotopic (exact) mass is 245 g/mol. The molecule has 0 aliphatic rings. The summed E-state index contributed by atoms with van der Waals surface area (Å²) in [5.41, 5.74) is -0.235. The third kappa shape index (κ3) is 3.50. The largest absolute Gasteiger partial charge is 0.467 e. The van der Waals surface area contributed by atoms with Gasteiger partial charge in [-0.2, -0.15) is 4.98 Å². The third-order valence-corrected chi connectivity index (χ3v) is 2.34. The zero-order valence-electron chi connectivity index (χ0n) is 9.62. The zero-order chi connectivity index (χ0) is 12.2. The lowest BCUT2D eigenvalue weighted by Crippen LogP contribution is -2.27. The number of methoxy groups -OCH3 is 1. The van der Waals surface area contributed by atoms with Crippen molar-refractivity contribution in [2.24, 2.45) is 5.41 Å². The van der Waals surface area contributed by atoms with Gasteiger partial charge in [0.25, 0.3) is 0 Å². The first-order valence-electron chi connectivity index (χ1n) is 4.90. The number of ether oxygens (including phenoxy) is 1. The second-order valence-electron chi connectivity index (χ2n) is 4.23. The van der Waals surface area contributed by atoms with Gasteiger partial charge in [0.1, 0.15) is 5.02 Å². The van der Waals surface area contributed by atoms with Crippen LogP contribution in [0.3, 0.4) is 0 Å². The van der Waals surface area contributed by atoms with Gasteiger partial charge in [-0.3, -0.25) is 0 Å². The number of nitrogens with zero attached hydrogens (tertiary/aromatic N) is 2. The summed E-state index contributed by atoms with van der Waals surface area (Å²) in [6.45, 7) is 4.52. The second-order valence-corrected chi connectivity index (χ2v) is 4.64. The summed E-state index contributed by atoms with van der Waals surface area (Å²) in [6, 6.07) is 0.258. The molecule has 16 heavy (non-hydrogen) atoms. The van der Waals surface area contributed by atoms with E-state index in [-0.39, 0.29) is 18.0 Å². The molecule has 0 fully saturated rings. The van der Waals surface area contributed by atoms with Crippen LogP contribution in [0.25, 0.3) is 0 Å². The lowest BCUT2D eigenvalue weighted by molar-refractivity contribution is 0.170. The first-order valence-corrected chi connectivity index (χ1v) is 5.27. The summed E-state index contributed by atoms with van der Waals surface area (Å²) < 4.78 is 4.90. The molecular formula is C10H16ClN3O2. The molecule has 1 aromatic rings. The number of aromatic nitrogens is 2. The van der Waals surface area contributed by atoms with Crippen LogP contribution in [-0.4, -0.2) is 35.3 Å². The third-order valence-electron chi connectivity index (χ3n) is 2.07. The fraction of sp³-hybridized carbons (Fsp3) is 0.600. The molecule has 2 N–H and O–H groups in total. The minimum absolute atomic E-state index is 0.0832. The van der Waals surface area contributed by atoms with Gasteiger partial charge in [-0.25, -0.2) is 4.98 Å². The van der Waals surface area contributed by atoms with Crippen LogP contribution in [0.4, 0.5) is 5.82 Å². The molecule has 0 saturated heterocycles. The lowest BCUT2D eigenvalue weighted by atomic mass is 9.95. The second kappa shape index (κ2) is 5.32. The van der Waals surface area contributed by atoms with Gasteiger partial charge in [0, 0.05) is 18.6 Å². The molecule has 1 aromatic heterocycles. The van der Waals surface area contributed by atoms with E-state index in [1.807, 2.05) is 13.8 Å². The predicted molar refractivity (Wildman–Crippen MR) is 63.0 cm³/mol. The molecule has 0 aromatic carbocycles. The summed E-state index contributed by atoms with van der Waals surface area (Å²) in [6.07, 6.45) is 1.47. The van der Waals surface area contributed by atoms with Crippen molar-refractivity contribution in [3.8, 4) is 6.01 Å². The van der Waals surface area contributed by atoms with Crippen LogP contribution in [-0.2, 0) is 0 Å². The Bertz CT molecular complexity index is 358. The molecule has 0 aliphatic heterocycles. The smallest absolute Gasteiger partial charge is 0.318 e. The molecule has 0 amide bonds. The number of aliphatic hydroxyl groups is 1. The lowest BCUT2D eigenvalue weighted by Gasteiger charge is -2.22. The average Bonchev–Trinajstić information content (AvgIpc) is 2.28. The van der Waals surface area contributed by atoms with Crippen LogP contribution in [0.1, 0.15) is 13.8 Å². The van der Waals surface area contributed by atoms with Crippen LogP contribution in [0.2, 0.25) is 5.02 Å². The van der Waals surface area contributed by atoms with Gasteiger partial charge in [0.2, 0.25) is 0 Å². The van der Waals surface area contributed by atoms with Crippen LogP contribution in [0.5, 0.6) is 6.01 Å². The van der Waals surface area contributed by atoms with Crippen molar-refractivity contribution in [3.63, 3.8) is 0 Å². The number of anilines is 1. The van der Waals surface area contributed by atoms with Crippen molar-refractivity contribution in [1.29, 1.82) is 0 Å². The van der Waals surface area contributed by atoms with Crippen molar-refractivity contribution >= 4 is 17.4 Å². The normalized spacial score (nSPS) is 11.3. The van der Waals surface area contributed by atoms with E-state index in [2.05, 4.69) is 15.3 Å². The minimum Gasteiger partial charge on any atom is -0.467 e. The van der Waals surface area contributed by atoms with E-state index in [0.717, 1.165) is 0 Å². The van der Waals surface area contributed by atoms with E-state index >= 15 is 0 Å². The van der Waals surface area contributed by atoms with Crippen LogP contribution >= 0.6 is 11.6 Å². The highest BCUT2D eigenvalue weighted by atomic mass is 35.5. The van der Waals surface area contributed by atoms with E-state index in [4.69, 9.17) is 21.4 Å². The summed E-state index contributed by atoms with van der Waals surface area (Å²) >= 11 is 5.92. The highest BCUT2D eigenvalue weighted by molar-refractivity contribution is 6.32. The maximum Gasteiger partial charge on any atom is 0.318 e. The van der Waals surface area contributed by atoms with Gasteiger partial charge in [-0.05, 0) is 0 Å². The number of hydrogen-bond acceptors (Lipinski definition) is 5. The molecule has 0 aliphatic carbocycles. The summed E-state index contributed by atoms with van der Waals surface area (Å²) in [7, 11) is 1.49. The quantitative estimate of drug-likeness (QED) is 0.824. The van der Waals surface area contributed by atoms with Crippen molar-refractivity contribution in [1.82, 2.24) is 9.97 Å². The molecule has 6 heteroatoms. The summed E-state index contributed by atoms with van der Waals surface area (Å²) in [5, 5.41) is 12.6. The fourth-order valence-electron chi connectivity index (χ4n) is 0.952.